The number of aryl methyl sites for hydroxylation is 4. The van der Waals surface area contributed by atoms with Crippen LogP contribution in [0, 0.1) is 13.8 Å². The predicted octanol–water partition coefficient (Wildman–Crippen LogP) is 3.95. The molecule has 0 heteroatoms. The van der Waals surface area contributed by atoms with Gasteiger partial charge in [-0.1, -0.05) is 24.3 Å². The van der Waals surface area contributed by atoms with Gasteiger partial charge in [-0.2, -0.15) is 0 Å². The van der Waals surface area contributed by atoms with Crippen LogP contribution in [-0.4, -0.2) is 0 Å². The van der Waals surface area contributed by atoms with E-state index in [-0.39, 0.29) is 0 Å². The van der Waals surface area contributed by atoms with Crippen LogP contribution in [0.25, 0.3) is 10.8 Å². The largest absolute Gasteiger partial charge is 0.0584 e. The molecule has 2 aromatic rings. The standard InChI is InChI=1S/C15H16/c1-10-6-8-12-9-7-11(2)14-5-3-4-13(10)15(12)14/h6-9H,3-5H2,1-2H3. The van der Waals surface area contributed by atoms with Gasteiger partial charge in [-0.3, -0.25) is 0 Å². The molecule has 0 aromatic heterocycles. The third kappa shape index (κ3) is 1.21. The van der Waals surface area contributed by atoms with Gasteiger partial charge in [0.25, 0.3) is 0 Å². The minimum absolute atomic E-state index is 1.26. The Labute approximate surface area is 90.9 Å². The molecule has 76 valence electrons. The Morgan fingerprint density at radius 1 is 0.800 bits per heavy atom. The molecule has 0 radical (unpaired) electrons. The fourth-order valence-corrected chi connectivity index (χ4v) is 2.86. The normalized spacial score (nSPS) is 14.5. The minimum Gasteiger partial charge on any atom is -0.0584 e. The smallest absolute Gasteiger partial charge is 0.0115 e. The van der Waals surface area contributed by atoms with E-state index in [9.17, 15) is 0 Å². The highest BCUT2D eigenvalue weighted by Gasteiger charge is 2.15. The topological polar surface area (TPSA) is 0 Å². The second kappa shape index (κ2) is 3.10. The van der Waals surface area contributed by atoms with Crippen LogP contribution in [0.1, 0.15) is 28.7 Å². The molecular formula is C15H16. The average molecular weight is 196 g/mol. The summed E-state index contributed by atoms with van der Waals surface area (Å²) >= 11 is 0. The quantitative estimate of drug-likeness (QED) is 0.598. The zero-order valence-corrected chi connectivity index (χ0v) is 9.43. The summed E-state index contributed by atoms with van der Waals surface area (Å²) in [5.41, 5.74) is 6.12. The van der Waals surface area contributed by atoms with Crippen molar-refractivity contribution in [3.8, 4) is 0 Å². The first-order valence-electron chi connectivity index (χ1n) is 5.78. The van der Waals surface area contributed by atoms with Gasteiger partial charge in [0, 0.05) is 0 Å². The molecule has 0 aliphatic heterocycles. The van der Waals surface area contributed by atoms with Gasteiger partial charge in [0.05, 0.1) is 0 Å². The monoisotopic (exact) mass is 196 g/mol. The van der Waals surface area contributed by atoms with Crippen molar-refractivity contribution in [1.29, 1.82) is 0 Å². The number of hydrogen-bond acceptors (Lipinski definition) is 0. The van der Waals surface area contributed by atoms with Crippen LogP contribution >= 0.6 is 0 Å². The van der Waals surface area contributed by atoms with Crippen molar-refractivity contribution in [2.24, 2.45) is 0 Å². The molecule has 0 heterocycles. The Kier molecular flexibility index (Phi) is 1.85. The Balaban J connectivity index is 2.52. The zero-order valence-electron chi connectivity index (χ0n) is 9.43. The highest BCUT2D eigenvalue weighted by molar-refractivity contribution is 5.91. The second-order valence-electron chi connectivity index (χ2n) is 4.67. The molecule has 0 nitrogen and oxygen atoms in total. The summed E-state index contributed by atoms with van der Waals surface area (Å²) in [5, 5.41) is 2.98. The van der Waals surface area contributed by atoms with E-state index in [0.29, 0.717) is 0 Å². The molecule has 0 atom stereocenters. The summed E-state index contributed by atoms with van der Waals surface area (Å²) in [5.74, 6) is 0. The minimum atomic E-state index is 1.26. The molecule has 1 aliphatic carbocycles. The fourth-order valence-electron chi connectivity index (χ4n) is 2.86. The zero-order chi connectivity index (χ0) is 10.4. The Morgan fingerprint density at radius 3 is 1.87 bits per heavy atom. The third-order valence-electron chi connectivity index (χ3n) is 3.72. The molecule has 2 aromatic carbocycles. The Hall–Kier alpha value is -1.30. The van der Waals surface area contributed by atoms with E-state index in [4.69, 9.17) is 0 Å². The van der Waals surface area contributed by atoms with Crippen molar-refractivity contribution in [3.63, 3.8) is 0 Å². The molecule has 0 fully saturated rings. The highest BCUT2D eigenvalue weighted by Crippen LogP contribution is 2.33. The van der Waals surface area contributed by atoms with Gasteiger partial charge in [-0.25, -0.2) is 0 Å². The van der Waals surface area contributed by atoms with Crippen LogP contribution < -0.4 is 0 Å². The van der Waals surface area contributed by atoms with Crippen LogP contribution in [0.5, 0.6) is 0 Å². The van der Waals surface area contributed by atoms with Crippen LogP contribution in [0.3, 0.4) is 0 Å². The van der Waals surface area contributed by atoms with Crippen molar-refractivity contribution < 1.29 is 0 Å². The van der Waals surface area contributed by atoms with Crippen molar-refractivity contribution >= 4 is 10.8 Å². The molecule has 0 spiro atoms. The van der Waals surface area contributed by atoms with E-state index in [1.165, 1.54) is 35.8 Å². The summed E-state index contributed by atoms with van der Waals surface area (Å²) in [6.07, 6.45) is 3.84. The first-order chi connectivity index (χ1) is 7.27. The van der Waals surface area contributed by atoms with Crippen LogP contribution in [0.2, 0.25) is 0 Å². The third-order valence-corrected chi connectivity index (χ3v) is 3.72. The maximum absolute atomic E-state index is 2.27. The van der Waals surface area contributed by atoms with E-state index >= 15 is 0 Å². The average Bonchev–Trinajstić information content (AvgIpc) is 2.27. The van der Waals surface area contributed by atoms with Gasteiger partial charge in [0.1, 0.15) is 0 Å². The maximum Gasteiger partial charge on any atom is -0.0115 e. The van der Waals surface area contributed by atoms with Gasteiger partial charge in [-0.05, 0) is 66.1 Å². The second-order valence-corrected chi connectivity index (χ2v) is 4.67. The van der Waals surface area contributed by atoms with Crippen LogP contribution in [0.15, 0.2) is 24.3 Å². The van der Waals surface area contributed by atoms with Crippen molar-refractivity contribution in [1.82, 2.24) is 0 Å². The summed E-state index contributed by atoms with van der Waals surface area (Å²) in [7, 11) is 0. The van der Waals surface area contributed by atoms with E-state index in [0.717, 1.165) is 0 Å². The first kappa shape index (κ1) is 8.96. The summed E-state index contributed by atoms with van der Waals surface area (Å²) in [4.78, 5) is 0. The van der Waals surface area contributed by atoms with Gasteiger partial charge in [0.2, 0.25) is 0 Å². The lowest BCUT2D eigenvalue weighted by Crippen LogP contribution is -2.04. The van der Waals surface area contributed by atoms with Gasteiger partial charge < -0.3 is 0 Å². The summed E-state index contributed by atoms with van der Waals surface area (Å²) in [6.45, 7) is 4.48. The Bertz CT molecular complexity index is 490. The Morgan fingerprint density at radius 2 is 1.33 bits per heavy atom. The first-order valence-corrected chi connectivity index (χ1v) is 5.78. The van der Waals surface area contributed by atoms with Crippen molar-refractivity contribution in [2.45, 2.75) is 33.1 Å². The molecule has 1 aliphatic rings. The van der Waals surface area contributed by atoms with E-state index < -0.39 is 0 Å². The molecule has 0 bridgehead atoms. The molecule has 0 amide bonds. The van der Waals surface area contributed by atoms with Crippen LogP contribution in [-0.2, 0) is 12.8 Å². The SMILES string of the molecule is Cc1ccc2ccc(C)c3c2c1CCC3. The van der Waals surface area contributed by atoms with Gasteiger partial charge in [0.15, 0.2) is 0 Å². The van der Waals surface area contributed by atoms with Gasteiger partial charge in [-0.15, -0.1) is 0 Å². The molecule has 3 rings (SSSR count). The molecule has 0 saturated heterocycles. The summed E-state index contributed by atoms with van der Waals surface area (Å²) in [6, 6.07) is 9.06. The number of benzene rings is 2. The number of rotatable bonds is 0. The highest BCUT2D eigenvalue weighted by atomic mass is 14.2. The van der Waals surface area contributed by atoms with Crippen molar-refractivity contribution in [2.75, 3.05) is 0 Å². The lowest BCUT2D eigenvalue weighted by molar-refractivity contribution is 0.798. The van der Waals surface area contributed by atoms with E-state index in [1.807, 2.05) is 0 Å². The molecule has 0 N–H and O–H groups in total. The fraction of sp³-hybridized carbons (Fsp3) is 0.333. The molecule has 0 saturated carbocycles. The molecule has 0 unspecified atom stereocenters. The van der Waals surface area contributed by atoms with E-state index in [1.54, 1.807) is 16.5 Å². The molecular weight excluding hydrogens is 180 g/mol. The van der Waals surface area contributed by atoms with Crippen molar-refractivity contribution in [3.05, 3.63) is 46.5 Å². The van der Waals surface area contributed by atoms with Crippen LogP contribution in [0.4, 0.5) is 0 Å². The lowest BCUT2D eigenvalue weighted by Gasteiger charge is -2.21. The van der Waals surface area contributed by atoms with Gasteiger partial charge >= 0.3 is 0 Å². The molecule has 15 heavy (non-hydrogen) atoms. The maximum atomic E-state index is 2.27. The lowest BCUT2D eigenvalue weighted by atomic mass is 9.84. The predicted molar refractivity (Wildman–Crippen MR) is 65.4 cm³/mol. The summed E-state index contributed by atoms with van der Waals surface area (Å²) < 4.78 is 0. The van der Waals surface area contributed by atoms with E-state index in [2.05, 4.69) is 38.1 Å². The number of hydrogen-bond donors (Lipinski definition) is 0.